The maximum absolute atomic E-state index is 9.58. The largest absolute Gasteiger partial charge is 0.508 e. The molecule has 0 saturated carbocycles. The molecule has 1 saturated heterocycles. The van der Waals surface area contributed by atoms with Crippen molar-refractivity contribution in [3.05, 3.63) is 29.8 Å². The van der Waals surface area contributed by atoms with Gasteiger partial charge in [-0.15, -0.1) is 0 Å². The zero-order chi connectivity index (χ0) is 14.0. The molecule has 3 heteroatoms. The number of nitrogens with one attached hydrogen (secondary N) is 1. The Bertz CT molecular complexity index is 429. The molecule has 106 valence electrons. The van der Waals surface area contributed by atoms with Crippen LogP contribution in [0.3, 0.4) is 0 Å². The van der Waals surface area contributed by atoms with Gasteiger partial charge in [0.2, 0.25) is 0 Å². The third kappa shape index (κ3) is 3.48. The lowest BCUT2D eigenvalue weighted by molar-refractivity contribution is 0.0474. The average Bonchev–Trinajstić information content (AvgIpc) is 2.31. The van der Waals surface area contributed by atoms with Crippen LogP contribution in [0.15, 0.2) is 24.3 Å². The molecule has 1 atom stereocenters. The molecular weight excluding hydrogens is 236 g/mol. The van der Waals surface area contributed by atoms with E-state index < -0.39 is 0 Å². The molecule has 0 bridgehead atoms. The van der Waals surface area contributed by atoms with Crippen LogP contribution in [0.2, 0.25) is 0 Å². The first-order valence-electron chi connectivity index (χ1n) is 7.15. The van der Waals surface area contributed by atoms with Crippen LogP contribution < -0.4 is 5.32 Å². The fourth-order valence-electron chi connectivity index (χ4n) is 2.64. The van der Waals surface area contributed by atoms with Crippen molar-refractivity contribution in [2.24, 2.45) is 5.92 Å². The van der Waals surface area contributed by atoms with Crippen LogP contribution in [0.1, 0.15) is 33.3 Å². The summed E-state index contributed by atoms with van der Waals surface area (Å²) in [4.78, 5) is 2.52. The topological polar surface area (TPSA) is 35.5 Å². The van der Waals surface area contributed by atoms with Crippen LogP contribution in [0.25, 0.3) is 0 Å². The summed E-state index contributed by atoms with van der Waals surface area (Å²) in [5, 5.41) is 13.2. The molecule has 0 amide bonds. The van der Waals surface area contributed by atoms with E-state index in [2.05, 4.69) is 44.0 Å². The Hall–Kier alpha value is -1.06. The third-order valence-electron chi connectivity index (χ3n) is 4.16. The molecule has 1 heterocycles. The summed E-state index contributed by atoms with van der Waals surface area (Å²) < 4.78 is 0. The van der Waals surface area contributed by atoms with E-state index in [4.69, 9.17) is 0 Å². The Morgan fingerprint density at radius 1 is 1.42 bits per heavy atom. The summed E-state index contributed by atoms with van der Waals surface area (Å²) in [6.45, 7) is 12.0. The van der Waals surface area contributed by atoms with Crippen LogP contribution in [-0.2, 0) is 6.54 Å². The molecule has 1 fully saturated rings. The van der Waals surface area contributed by atoms with Crippen LogP contribution in [-0.4, -0.2) is 34.7 Å². The van der Waals surface area contributed by atoms with Gasteiger partial charge in [-0.3, -0.25) is 4.90 Å². The molecule has 19 heavy (non-hydrogen) atoms. The molecule has 1 aromatic carbocycles. The van der Waals surface area contributed by atoms with Gasteiger partial charge in [-0.25, -0.2) is 0 Å². The fourth-order valence-corrected chi connectivity index (χ4v) is 2.64. The van der Waals surface area contributed by atoms with Gasteiger partial charge in [0.25, 0.3) is 0 Å². The predicted octanol–water partition coefficient (Wildman–Crippen LogP) is 2.60. The molecule has 3 nitrogen and oxygen atoms in total. The minimum atomic E-state index is 0.150. The van der Waals surface area contributed by atoms with Crippen molar-refractivity contribution in [1.82, 2.24) is 10.2 Å². The Morgan fingerprint density at radius 2 is 2.16 bits per heavy atom. The van der Waals surface area contributed by atoms with Crippen LogP contribution in [0, 0.1) is 5.92 Å². The molecule has 0 aliphatic carbocycles. The van der Waals surface area contributed by atoms with Gasteiger partial charge in [0.15, 0.2) is 0 Å². The quantitative estimate of drug-likeness (QED) is 0.879. The number of piperazine rings is 1. The van der Waals surface area contributed by atoms with E-state index in [1.807, 2.05) is 12.1 Å². The number of phenolic OH excluding ortho intramolecular Hbond substituents is 1. The minimum Gasteiger partial charge on any atom is -0.508 e. The molecule has 1 aliphatic heterocycles. The molecule has 1 aromatic rings. The van der Waals surface area contributed by atoms with Gasteiger partial charge in [0.1, 0.15) is 5.75 Å². The maximum atomic E-state index is 9.58. The third-order valence-corrected chi connectivity index (χ3v) is 4.16. The Balaban J connectivity index is 2.11. The number of aromatic hydroxyl groups is 1. The number of benzene rings is 1. The van der Waals surface area contributed by atoms with E-state index in [0.29, 0.717) is 17.7 Å². The average molecular weight is 262 g/mol. The molecule has 0 spiro atoms. The zero-order valence-corrected chi connectivity index (χ0v) is 12.5. The predicted molar refractivity (Wildman–Crippen MR) is 79.2 cm³/mol. The normalized spacial score (nSPS) is 23.7. The summed E-state index contributed by atoms with van der Waals surface area (Å²) in [5.41, 5.74) is 1.33. The summed E-state index contributed by atoms with van der Waals surface area (Å²) in [5.74, 6) is 0.994. The van der Waals surface area contributed by atoms with Crippen LogP contribution in [0.5, 0.6) is 5.75 Å². The van der Waals surface area contributed by atoms with Crippen LogP contribution in [0.4, 0.5) is 0 Å². The van der Waals surface area contributed by atoms with E-state index >= 15 is 0 Å². The second-order valence-electron chi connectivity index (χ2n) is 6.59. The number of nitrogens with zero attached hydrogens (tertiary/aromatic N) is 1. The highest BCUT2D eigenvalue weighted by Gasteiger charge is 2.34. The first-order chi connectivity index (χ1) is 8.88. The van der Waals surface area contributed by atoms with E-state index in [-0.39, 0.29) is 5.54 Å². The van der Waals surface area contributed by atoms with Gasteiger partial charge in [0, 0.05) is 31.2 Å². The lowest BCUT2D eigenvalue weighted by Gasteiger charge is -2.47. The van der Waals surface area contributed by atoms with Gasteiger partial charge in [-0.05, 0) is 37.5 Å². The highest BCUT2D eigenvalue weighted by Crippen LogP contribution is 2.24. The fraction of sp³-hybridized carbons (Fsp3) is 0.625. The zero-order valence-electron chi connectivity index (χ0n) is 12.5. The monoisotopic (exact) mass is 262 g/mol. The first-order valence-corrected chi connectivity index (χ1v) is 7.15. The van der Waals surface area contributed by atoms with Gasteiger partial charge in [-0.1, -0.05) is 26.0 Å². The van der Waals surface area contributed by atoms with Crippen molar-refractivity contribution in [2.45, 2.75) is 45.8 Å². The van der Waals surface area contributed by atoms with E-state index in [0.717, 1.165) is 19.6 Å². The van der Waals surface area contributed by atoms with Crippen molar-refractivity contribution in [3.8, 4) is 5.75 Å². The maximum Gasteiger partial charge on any atom is 0.115 e. The molecule has 0 radical (unpaired) electrons. The number of hydrogen-bond donors (Lipinski definition) is 2. The van der Waals surface area contributed by atoms with Crippen molar-refractivity contribution in [3.63, 3.8) is 0 Å². The van der Waals surface area contributed by atoms with E-state index in [1.54, 1.807) is 6.07 Å². The van der Waals surface area contributed by atoms with Gasteiger partial charge < -0.3 is 10.4 Å². The summed E-state index contributed by atoms with van der Waals surface area (Å²) >= 11 is 0. The van der Waals surface area contributed by atoms with E-state index in [1.165, 1.54) is 5.56 Å². The second kappa shape index (κ2) is 5.51. The molecule has 2 rings (SSSR count). The Labute approximate surface area is 116 Å². The van der Waals surface area contributed by atoms with Crippen molar-refractivity contribution in [1.29, 1.82) is 0 Å². The van der Waals surface area contributed by atoms with E-state index in [9.17, 15) is 5.11 Å². The molecule has 1 unspecified atom stereocenters. The summed E-state index contributed by atoms with van der Waals surface area (Å²) in [6, 6.07) is 8.14. The van der Waals surface area contributed by atoms with Crippen molar-refractivity contribution < 1.29 is 5.11 Å². The summed E-state index contributed by atoms with van der Waals surface area (Å²) in [6.07, 6.45) is 0. The Morgan fingerprint density at radius 3 is 2.79 bits per heavy atom. The lowest BCUT2D eigenvalue weighted by atomic mass is 9.92. The Kier molecular flexibility index (Phi) is 4.16. The van der Waals surface area contributed by atoms with Crippen molar-refractivity contribution >= 4 is 0 Å². The highest BCUT2D eigenvalue weighted by molar-refractivity contribution is 5.27. The molecule has 2 N–H and O–H groups in total. The molecule has 1 aliphatic rings. The number of phenols is 1. The standard InChI is InChI=1S/C16H26N2O/c1-12(2)15-10-18(16(3,4)11-17-15)9-13-6-5-7-14(19)8-13/h5-8,12,15,17,19H,9-11H2,1-4H3. The minimum absolute atomic E-state index is 0.150. The van der Waals surface area contributed by atoms with Gasteiger partial charge in [0.05, 0.1) is 0 Å². The van der Waals surface area contributed by atoms with Gasteiger partial charge >= 0.3 is 0 Å². The number of hydrogen-bond acceptors (Lipinski definition) is 3. The number of rotatable bonds is 3. The van der Waals surface area contributed by atoms with Gasteiger partial charge in [-0.2, -0.15) is 0 Å². The highest BCUT2D eigenvalue weighted by atomic mass is 16.3. The lowest BCUT2D eigenvalue weighted by Crippen LogP contribution is -2.62. The molecule has 0 aromatic heterocycles. The smallest absolute Gasteiger partial charge is 0.115 e. The summed E-state index contributed by atoms with van der Waals surface area (Å²) in [7, 11) is 0. The first kappa shape index (κ1) is 14.4. The van der Waals surface area contributed by atoms with Crippen LogP contribution >= 0.6 is 0 Å². The molecular formula is C16H26N2O. The second-order valence-corrected chi connectivity index (χ2v) is 6.59. The van der Waals surface area contributed by atoms with Crippen molar-refractivity contribution in [2.75, 3.05) is 13.1 Å². The SMILES string of the molecule is CC(C)C1CN(Cc2cccc(O)c2)C(C)(C)CN1.